The highest BCUT2D eigenvalue weighted by molar-refractivity contribution is 5.94. The molecule has 0 aliphatic carbocycles. The number of anilines is 1. The Balaban J connectivity index is 1.23. The van der Waals surface area contributed by atoms with Gasteiger partial charge in [-0.25, -0.2) is 14.8 Å². The number of benzene rings is 1. The number of amides is 3. The number of aromatic nitrogens is 2. The minimum atomic E-state index is -1.07. The molecule has 3 N–H and O–H groups in total. The third kappa shape index (κ3) is 8.79. The van der Waals surface area contributed by atoms with Gasteiger partial charge in [0.1, 0.15) is 23.8 Å². The molecule has 0 spiro atoms. The zero-order valence-corrected chi connectivity index (χ0v) is 27.6. The van der Waals surface area contributed by atoms with Gasteiger partial charge < -0.3 is 34.5 Å². The first-order valence-electron chi connectivity index (χ1n) is 15.9. The number of piperidine rings is 1. The molecule has 47 heavy (non-hydrogen) atoms. The number of pyridine rings is 1. The second-order valence-electron chi connectivity index (χ2n) is 13.1. The molecule has 1 fully saturated rings. The monoisotopic (exact) mass is 648 g/mol. The number of carbonyl (C=O) groups excluding carboxylic acids is 3. The van der Waals surface area contributed by atoms with Crippen LogP contribution < -0.4 is 15.4 Å². The number of rotatable bonds is 9. The summed E-state index contributed by atoms with van der Waals surface area (Å²) in [5.74, 6) is 1.52. The van der Waals surface area contributed by atoms with Crippen molar-refractivity contribution in [2.45, 2.75) is 90.8 Å². The molecule has 2 aliphatic heterocycles. The Bertz CT molecular complexity index is 1580. The maximum atomic E-state index is 13.4. The highest BCUT2D eigenvalue weighted by Gasteiger charge is 2.37. The van der Waals surface area contributed by atoms with E-state index in [1.54, 1.807) is 46.0 Å². The van der Waals surface area contributed by atoms with Crippen molar-refractivity contribution in [1.82, 2.24) is 25.1 Å². The van der Waals surface area contributed by atoms with E-state index in [9.17, 15) is 19.5 Å². The molecule has 0 unspecified atom stereocenters. The number of aryl methyl sites for hydroxylation is 1. The van der Waals surface area contributed by atoms with Crippen LogP contribution in [0.2, 0.25) is 0 Å². The predicted octanol–water partition coefficient (Wildman–Crippen LogP) is 3.83. The average molecular weight is 649 g/mol. The summed E-state index contributed by atoms with van der Waals surface area (Å²) < 4.78 is 17.0. The van der Waals surface area contributed by atoms with Crippen LogP contribution in [0.25, 0.3) is 0 Å². The summed E-state index contributed by atoms with van der Waals surface area (Å²) in [7, 11) is 0. The molecule has 3 amide bonds. The quantitative estimate of drug-likeness (QED) is 0.311. The van der Waals surface area contributed by atoms with Gasteiger partial charge in [-0.2, -0.15) is 0 Å². The van der Waals surface area contributed by atoms with E-state index in [0.717, 1.165) is 29.7 Å². The highest BCUT2D eigenvalue weighted by atomic mass is 16.6. The van der Waals surface area contributed by atoms with Crippen molar-refractivity contribution in [3.05, 3.63) is 71.1 Å². The minimum Gasteiger partial charge on any atom is -0.486 e. The second kappa shape index (κ2) is 14.4. The van der Waals surface area contributed by atoms with Crippen LogP contribution >= 0.6 is 0 Å². The van der Waals surface area contributed by atoms with Gasteiger partial charge in [0.25, 0.3) is 5.91 Å². The van der Waals surface area contributed by atoms with Gasteiger partial charge in [-0.1, -0.05) is 6.07 Å². The number of ether oxygens (including phenoxy) is 2. The van der Waals surface area contributed by atoms with Gasteiger partial charge in [0.15, 0.2) is 12.2 Å². The number of hydrogen-bond donors (Lipinski definition) is 3. The summed E-state index contributed by atoms with van der Waals surface area (Å²) in [6, 6.07) is 8.44. The SMILES string of the molecule is CC(=O)N1CCC(Nc2cc(C(=O)NC[C@@H](O)[C@@H]3Cc4ccc(OCc5ocnc5C)cc4CN3C(=O)OC(C)(C)C)ccn2)CC1. The van der Waals surface area contributed by atoms with Gasteiger partial charge in [0.05, 0.1) is 17.8 Å². The smallest absolute Gasteiger partial charge is 0.410 e. The number of likely N-dealkylation sites (tertiary alicyclic amines) is 1. The van der Waals surface area contributed by atoms with E-state index in [0.29, 0.717) is 42.4 Å². The van der Waals surface area contributed by atoms with Gasteiger partial charge >= 0.3 is 6.09 Å². The summed E-state index contributed by atoms with van der Waals surface area (Å²) >= 11 is 0. The third-order valence-corrected chi connectivity index (χ3v) is 8.42. The molecule has 0 bridgehead atoms. The maximum absolute atomic E-state index is 13.4. The fourth-order valence-corrected chi connectivity index (χ4v) is 5.79. The standard InChI is InChI=1S/C34H44N6O7/c1-21-30(46-20-37-21)19-45-27-7-6-23-15-28(40(18-25(23)14-27)33(44)47-34(3,4)5)29(42)17-36-32(43)24-8-11-35-31(16-24)38-26-9-12-39(13-10-26)22(2)41/h6-8,11,14,16,20,26,28-29,42H,9-10,12-13,15,17-19H2,1-5H3,(H,35,38)(H,36,43)/t28-,29+/m0/s1. The summed E-state index contributed by atoms with van der Waals surface area (Å²) in [6.07, 6.45) is 3.25. The molecule has 252 valence electrons. The first kappa shape index (κ1) is 33.7. The lowest BCUT2D eigenvalue weighted by molar-refractivity contribution is -0.129. The lowest BCUT2D eigenvalue weighted by Crippen LogP contribution is -2.54. The van der Waals surface area contributed by atoms with Crippen LogP contribution in [0.3, 0.4) is 0 Å². The molecule has 2 aliphatic rings. The molecule has 13 nitrogen and oxygen atoms in total. The van der Waals surface area contributed by atoms with E-state index >= 15 is 0 Å². The van der Waals surface area contributed by atoms with Crippen LogP contribution in [-0.2, 0) is 29.1 Å². The first-order chi connectivity index (χ1) is 22.4. The number of fused-ring (bicyclic) bond motifs is 1. The van der Waals surface area contributed by atoms with Crippen LogP contribution in [-0.4, -0.2) is 86.2 Å². The molecular weight excluding hydrogens is 604 g/mol. The van der Waals surface area contributed by atoms with Crippen LogP contribution in [0, 0.1) is 6.92 Å². The fraction of sp³-hybridized carbons (Fsp3) is 0.500. The van der Waals surface area contributed by atoms with Crippen molar-refractivity contribution in [1.29, 1.82) is 0 Å². The van der Waals surface area contributed by atoms with Crippen molar-refractivity contribution < 1.29 is 33.4 Å². The van der Waals surface area contributed by atoms with Crippen molar-refractivity contribution in [3.63, 3.8) is 0 Å². The van der Waals surface area contributed by atoms with Gasteiger partial charge in [-0.05, 0) is 82.3 Å². The summed E-state index contributed by atoms with van der Waals surface area (Å²) in [4.78, 5) is 49.9. The zero-order chi connectivity index (χ0) is 33.7. The number of aliphatic hydroxyl groups is 1. The lowest BCUT2D eigenvalue weighted by atomic mass is 9.91. The van der Waals surface area contributed by atoms with E-state index < -0.39 is 23.8 Å². The Labute approximate surface area is 274 Å². The molecule has 1 aromatic carbocycles. The largest absolute Gasteiger partial charge is 0.486 e. The van der Waals surface area contributed by atoms with E-state index in [2.05, 4.69) is 20.6 Å². The molecule has 5 rings (SSSR count). The molecule has 0 saturated carbocycles. The number of hydrogen-bond acceptors (Lipinski definition) is 10. The van der Waals surface area contributed by atoms with Crippen molar-refractivity contribution in [2.24, 2.45) is 0 Å². The molecule has 0 radical (unpaired) electrons. The average Bonchev–Trinajstić information content (AvgIpc) is 3.45. The maximum Gasteiger partial charge on any atom is 0.410 e. The number of oxazole rings is 1. The first-order valence-corrected chi connectivity index (χ1v) is 15.9. The summed E-state index contributed by atoms with van der Waals surface area (Å²) in [5, 5.41) is 17.5. The Kier molecular flexibility index (Phi) is 10.3. The van der Waals surface area contributed by atoms with Crippen LogP contribution in [0.4, 0.5) is 10.6 Å². The Morgan fingerprint density at radius 3 is 2.55 bits per heavy atom. The molecule has 2 aromatic heterocycles. The van der Waals surface area contributed by atoms with E-state index in [4.69, 9.17) is 13.9 Å². The molecule has 3 aromatic rings. The fourth-order valence-electron chi connectivity index (χ4n) is 5.79. The van der Waals surface area contributed by atoms with Crippen molar-refractivity contribution in [2.75, 3.05) is 25.0 Å². The molecule has 1 saturated heterocycles. The van der Waals surface area contributed by atoms with Gasteiger partial charge in [-0.3, -0.25) is 14.5 Å². The van der Waals surface area contributed by atoms with Crippen molar-refractivity contribution >= 4 is 23.7 Å². The van der Waals surface area contributed by atoms with Gasteiger partial charge in [0.2, 0.25) is 5.91 Å². The molecule has 2 atom stereocenters. The normalized spacial score (nSPS) is 17.4. The Morgan fingerprint density at radius 1 is 1.11 bits per heavy atom. The number of aliphatic hydroxyl groups excluding tert-OH is 1. The highest BCUT2D eigenvalue weighted by Crippen LogP contribution is 2.30. The van der Waals surface area contributed by atoms with Crippen LogP contribution in [0.5, 0.6) is 5.75 Å². The van der Waals surface area contributed by atoms with Crippen LogP contribution in [0.15, 0.2) is 47.3 Å². The zero-order valence-electron chi connectivity index (χ0n) is 27.6. The Hall–Kier alpha value is -4.65. The lowest BCUT2D eigenvalue weighted by Gasteiger charge is -2.40. The molecule has 13 heteroatoms. The minimum absolute atomic E-state index is 0.0723. The van der Waals surface area contributed by atoms with E-state index in [-0.39, 0.29) is 37.6 Å². The summed E-state index contributed by atoms with van der Waals surface area (Å²) in [5.41, 5.74) is 2.24. The number of carbonyl (C=O) groups is 3. The van der Waals surface area contributed by atoms with Crippen molar-refractivity contribution in [3.8, 4) is 5.75 Å². The van der Waals surface area contributed by atoms with E-state index in [1.807, 2.05) is 30.0 Å². The van der Waals surface area contributed by atoms with E-state index in [1.165, 1.54) is 11.3 Å². The molecular formula is C34H44N6O7. The van der Waals surface area contributed by atoms with Gasteiger partial charge in [-0.15, -0.1) is 0 Å². The number of nitrogens with zero attached hydrogens (tertiary/aromatic N) is 4. The number of nitrogens with one attached hydrogen (secondary N) is 2. The topological polar surface area (TPSA) is 159 Å². The third-order valence-electron chi connectivity index (χ3n) is 8.42. The van der Waals surface area contributed by atoms with Crippen LogP contribution in [0.1, 0.15) is 73.5 Å². The molecule has 4 heterocycles. The predicted molar refractivity (Wildman–Crippen MR) is 173 cm³/mol. The Morgan fingerprint density at radius 2 is 1.87 bits per heavy atom. The summed E-state index contributed by atoms with van der Waals surface area (Å²) in [6.45, 7) is 10.5. The second-order valence-corrected chi connectivity index (χ2v) is 13.1. The van der Waals surface area contributed by atoms with Gasteiger partial charge in [0, 0.05) is 50.9 Å².